The van der Waals surface area contributed by atoms with Gasteiger partial charge in [-0.25, -0.2) is 4.99 Å². The maximum atomic E-state index is 5.03. The first-order valence-electron chi connectivity index (χ1n) is 4.99. The molecule has 1 unspecified atom stereocenters. The van der Waals surface area contributed by atoms with Crippen LogP contribution in [0.15, 0.2) is 27.4 Å². The second kappa shape index (κ2) is 9.34. The standard InChI is InChI=1S/C10H19N5O2/c1-8(7-12-5-6-13-11)14-10(17-4)15-9(2)16-3/h5-8,13H,11H2,1-4H3/b6-5-,12-7-,14-10+,15-9+. The number of amidine groups is 1. The molecule has 0 saturated heterocycles. The van der Waals surface area contributed by atoms with E-state index in [-0.39, 0.29) is 12.1 Å². The van der Waals surface area contributed by atoms with E-state index < -0.39 is 0 Å². The minimum Gasteiger partial charge on any atom is -0.484 e. The summed E-state index contributed by atoms with van der Waals surface area (Å²) >= 11 is 0. The van der Waals surface area contributed by atoms with Gasteiger partial charge in [0.05, 0.1) is 20.3 Å². The van der Waals surface area contributed by atoms with Gasteiger partial charge in [-0.2, -0.15) is 4.99 Å². The van der Waals surface area contributed by atoms with Gasteiger partial charge in [0, 0.05) is 25.5 Å². The Balaban J connectivity index is 4.51. The van der Waals surface area contributed by atoms with Crippen molar-refractivity contribution in [2.45, 2.75) is 19.9 Å². The highest BCUT2D eigenvalue weighted by Crippen LogP contribution is 1.93. The molecule has 7 nitrogen and oxygen atoms in total. The Morgan fingerprint density at radius 3 is 2.59 bits per heavy atom. The summed E-state index contributed by atoms with van der Waals surface area (Å²) in [4.78, 5) is 12.1. The van der Waals surface area contributed by atoms with Crippen molar-refractivity contribution in [3.63, 3.8) is 0 Å². The summed E-state index contributed by atoms with van der Waals surface area (Å²) in [5, 5.41) is 0. The zero-order valence-corrected chi connectivity index (χ0v) is 10.5. The molecule has 0 aromatic rings. The number of hydrogen-bond donors (Lipinski definition) is 2. The van der Waals surface area contributed by atoms with Crippen LogP contribution in [0, 0.1) is 0 Å². The Morgan fingerprint density at radius 2 is 2.06 bits per heavy atom. The van der Waals surface area contributed by atoms with Gasteiger partial charge in [-0.1, -0.05) is 0 Å². The minimum atomic E-state index is -0.166. The van der Waals surface area contributed by atoms with Crippen LogP contribution in [-0.2, 0) is 9.47 Å². The number of nitrogens with one attached hydrogen (secondary N) is 1. The molecule has 0 aliphatic heterocycles. The number of nitrogens with zero attached hydrogens (tertiary/aromatic N) is 3. The van der Waals surface area contributed by atoms with Gasteiger partial charge in [-0.05, 0) is 6.92 Å². The molecule has 7 heteroatoms. The lowest BCUT2D eigenvalue weighted by atomic mass is 10.4. The molecule has 0 aliphatic rings. The van der Waals surface area contributed by atoms with Crippen LogP contribution in [0.1, 0.15) is 13.8 Å². The second-order valence-electron chi connectivity index (χ2n) is 2.97. The smallest absolute Gasteiger partial charge is 0.315 e. The first-order valence-corrected chi connectivity index (χ1v) is 4.99. The molecule has 17 heavy (non-hydrogen) atoms. The lowest BCUT2D eigenvalue weighted by Gasteiger charge is -2.03. The van der Waals surface area contributed by atoms with E-state index in [9.17, 15) is 0 Å². The van der Waals surface area contributed by atoms with Crippen molar-refractivity contribution in [3.05, 3.63) is 12.4 Å². The zero-order chi connectivity index (χ0) is 13.1. The molecular weight excluding hydrogens is 222 g/mol. The summed E-state index contributed by atoms with van der Waals surface area (Å²) in [6.45, 7) is 3.56. The largest absolute Gasteiger partial charge is 0.484 e. The van der Waals surface area contributed by atoms with Gasteiger partial charge in [-0.15, -0.1) is 0 Å². The first kappa shape index (κ1) is 15.1. The third-order valence-electron chi connectivity index (χ3n) is 1.60. The molecule has 0 aromatic heterocycles. The average Bonchev–Trinajstić information content (AvgIpc) is 2.33. The highest BCUT2D eigenvalue weighted by Gasteiger charge is 2.00. The highest BCUT2D eigenvalue weighted by molar-refractivity contribution is 5.89. The quantitative estimate of drug-likeness (QED) is 0.323. The van der Waals surface area contributed by atoms with Crippen LogP contribution < -0.4 is 11.3 Å². The fraction of sp³-hybridized carbons (Fsp3) is 0.500. The summed E-state index contributed by atoms with van der Waals surface area (Å²) < 4.78 is 9.89. The Hall–Kier alpha value is -1.89. The van der Waals surface area contributed by atoms with Crippen LogP contribution in [0.2, 0.25) is 0 Å². The van der Waals surface area contributed by atoms with E-state index in [4.69, 9.17) is 15.3 Å². The van der Waals surface area contributed by atoms with E-state index >= 15 is 0 Å². The molecule has 1 atom stereocenters. The van der Waals surface area contributed by atoms with Crippen LogP contribution >= 0.6 is 0 Å². The van der Waals surface area contributed by atoms with E-state index in [2.05, 4.69) is 20.4 Å². The molecule has 0 heterocycles. The van der Waals surface area contributed by atoms with Crippen LogP contribution in [0.4, 0.5) is 0 Å². The number of rotatable bonds is 4. The lowest BCUT2D eigenvalue weighted by molar-refractivity contribution is 0.379. The van der Waals surface area contributed by atoms with Gasteiger partial charge in [0.2, 0.25) is 0 Å². The van der Waals surface area contributed by atoms with Gasteiger partial charge in [-0.3, -0.25) is 10.8 Å². The van der Waals surface area contributed by atoms with Crippen molar-refractivity contribution >= 4 is 18.1 Å². The van der Waals surface area contributed by atoms with Crippen LogP contribution in [0.3, 0.4) is 0 Å². The maximum absolute atomic E-state index is 5.03. The summed E-state index contributed by atoms with van der Waals surface area (Å²) in [7, 11) is 3.02. The Labute approximate surface area is 101 Å². The van der Waals surface area contributed by atoms with Crippen molar-refractivity contribution in [2.75, 3.05) is 14.2 Å². The van der Waals surface area contributed by atoms with E-state index in [1.54, 1.807) is 13.1 Å². The molecule has 0 aromatic carbocycles. The first-order chi connectivity index (χ1) is 8.13. The van der Waals surface area contributed by atoms with Gasteiger partial charge in [0.1, 0.15) is 0 Å². The molecule has 0 bridgehead atoms. The van der Waals surface area contributed by atoms with Crippen molar-refractivity contribution in [3.8, 4) is 0 Å². The van der Waals surface area contributed by atoms with E-state index in [1.807, 2.05) is 6.92 Å². The number of hydrazine groups is 1. The molecule has 0 spiro atoms. The summed E-state index contributed by atoms with van der Waals surface area (Å²) in [5.74, 6) is 5.50. The van der Waals surface area contributed by atoms with E-state index in [0.717, 1.165) is 0 Å². The molecule has 0 aliphatic carbocycles. The topological polar surface area (TPSA) is 93.6 Å². The van der Waals surface area contributed by atoms with Crippen molar-refractivity contribution in [1.29, 1.82) is 0 Å². The van der Waals surface area contributed by atoms with Crippen molar-refractivity contribution < 1.29 is 9.47 Å². The fourth-order valence-corrected chi connectivity index (χ4v) is 0.775. The molecule has 0 amide bonds. The summed E-state index contributed by atoms with van der Waals surface area (Å²) in [6.07, 6.45) is 4.64. The predicted octanol–water partition coefficient (Wildman–Crippen LogP) is 0.447. The van der Waals surface area contributed by atoms with Gasteiger partial charge in [0.15, 0.2) is 5.90 Å². The molecule has 0 saturated carbocycles. The average molecular weight is 241 g/mol. The normalized spacial score (nSPS) is 15.4. The van der Waals surface area contributed by atoms with Crippen LogP contribution in [0.25, 0.3) is 0 Å². The van der Waals surface area contributed by atoms with Crippen LogP contribution in [-0.4, -0.2) is 38.4 Å². The van der Waals surface area contributed by atoms with Crippen LogP contribution in [0.5, 0.6) is 0 Å². The SMILES string of the molecule is CO/C(C)=N/C(=N\C(C)/C=N\C=C/NN)OC. The maximum Gasteiger partial charge on any atom is 0.315 e. The number of hydrogen-bond acceptors (Lipinski definition) is 6. The number of aliphatic imine (C=N–C) groups is 3. The van der Waals surface area contributed by atoms with Gasteiger partial charge < -0.3 is 14.9 Å². The third-order valence-corrected chi connectivity index (χ3v) is 1.60. The van der Waals surface area contributed by atoms with E-state index in [0.29, 0.717) is 5.90 Å². The van der Waals surface area contributed by atoms with Crippen molar-refractivity contribution in [1.82, 2.24) is 5.43 Å². The number of methoxy groups -OCH3 is 2. The minimum absolute atomic E-state index is 0.166. The summed E-state index contributed by atoms with van der Waals surface area (Å²) in [5.41, 5.74) is 2.33. The monoisotopic (exact) mass is 241 g/mol. The second-order valence-corrected chi connectivity index (χ2v) is 2.97. The van der Waals surface area contributed by atoms with Gasteiger partial charge in [0.25, 0.3) is 0 Å². The third kappa shape index (κ3) is 7.97. The van der Waals surface area contributed by atoms with Gasteiger partial charge >= 0.3 is 6.02 Å². The molecule has 0 rings (SSSR count). The fourth-order valence-electron chi connectivity index (χ4n) is 0.775. The molecule has 96 valence electrons. The highest BCUT2D eigenvalue weighted by atomic mass is 16.5. The molecule has 0 fully saturated rings. The zero-order valence-electron chi connectivity index (χ0n) is 10.5. The predicted molar refractivity (Wildman–Crippen MR) is 69.0 cm³/mol. The molecule has 3 N–H and O–H groups in total. The Kier molecular flexibility index (Phi) is 8.31. The Bertz CT molecular complexity index is 323. The van der Waals surface area contributed by atoms with E-state index in [1.165, 1.54) is 26.6 Å². The number of nitrogens with two attached hydrogens (primary N) is 1. The molecule has 0 radical (unpaired) electrons. The number of ether oxygens (including phenoxy) is 2. The van der Waals surface area contributed by atoms with Crippen molar-refractivity contribution in [2.24, 2.45) is 20.8 Å². The summed E-state index contributed by atoms with van der Waals surface area (Å²) in [6, 6.07) is 0.0741. The Morgan fingerprint density at radius 1 is 1.35 bits per heavy atom. The lowest BCUT2D eigenvalue weighted by Crippen LogP contribution is -2.12. The molecular formula is C10H19N5O2.